The molecule has 3 atom stereocenters. The van der Waals surface area contributed by atoms with E-state index >= 15 is 0 Å². The molecule has 0 aromatic rings. The average molecular weight is 358 g/mol. The Morgan fingerprint density at radius 3 is 2.57 bits per heavy atom. The molecule has 0 N–H and O–H groups in total. The van der Waals surface area contributed by atoms with Gasteiger partial charge < -0.3 is 4.74 Å². The van der Waals surface area contributed by atoms with Crippen LogP contribution in [-0.4, -0.2) is 27.9 Å². The third-order valence-electron chi connectivity index (χ3n) is 5.09. The van der Waals surface area contributed by atoms with Crippen molar-refractivity contribution in [2.24, 2.45) is 11.8 Å². The summed E-state index contributed by atoms with van der Waals surface area (Å²) in [5.74, 6) is 0.267. The van der Waals surface area contributed by atoms with Crippen LogP contribution in [0.1, 0.15) is 44.9 Å². The Labute approximate surface area is 132 Å². The zero-order valence-corrected chi connectivity index (χ0v) is 13.5. The summed E-state index contributed by atoms with van der Waals surface area (Å²) in [4.78, 5) is 23.3. The van der Waals surface area contributed by atoms with Crippen LogP contribution in [0.2, 0.25) is 0 Å². The van der Waals surface area contributed by atoms with Gasteiger partial charge in [0.15, 0.2) is 0 Å². The van der Waals surface area contributed by atoms with Crippen molar-refractivity contribution in [1.82, 2.24) is 0 Å². The van der Waals surface area contributed by atoms with E-state index in [2.05, 4.69) is 22.0 Å². The summed E-state index contributed by atoms with van der Waals surface area (Å²) in [6.45, 7) is 0. The van der Waals surface area contributed by atoms with Gasteiger partial charge in [0.1, 0.15) is 6.10 Å². The van der Waals surface area contributed by atoms with E-state index < -0.39 is 6.04 Å². The molecule has 2 saturated carbocycles. The van der Waals surface area contributed by atoms with E-state index in [4.69, 9.17) is 4.74 Å². The number of rotatable bonds is 2. The Hall–Kier alpha value is -0.910. The van der Waals surface area contributed by atoms with Gasteiger partial charge in [-0.3, -0.25) is 10.1 Å². The Kier molecular flexibility index (Phi) is 4.33. The number of fused-ring (bicyclic) bond motifs is 1. The third kappa shape index (κ3) is 3.15. The smallest absolute Gasteiger partial charge is 0.334 e. The minimum absolute atomic E-state index is 0.0326. The van der Waals surface area contributed by atoms with Gasteiger partial charge >= 0.3 is 5.97 Å². The molecule has 1 heterocycles. The maximum absolute atomic E-state index is 12.2. The molecule has 2 aliphatic carbocycles. The van der Waals surface area contributed by atoms with Gasteiger partial charge in [0.2, 0.25) is 6.04 Å². The molecule has 116 valence electrons. The Balaban J connectivity index is 1.70. The largest absolute Gasteiger partial charge is 0.458 e. The normalized spacial score (nSPS) is 40.0. The first-order valence-electron chi connectivity index (χ1n) is 7.75. The first-order chi connectivity index (χ1) is 10.0. The van der Waals surface area contributed by atoms with Crippen LogP contribution in [0.25, 0.3) is 0 Å². The zero-order chi connectivity index (χ0) is 15.0. The number of ether oxygens (including phenoxy) is 1. The molecule has 5 nitrogen and oxygen atoms in total. The van der Waals surface area contributed by atoms with Gasteiger partial charge in [-0.25, -0.2) is 4.79 Å². The highest BCUT2D eigenvalue weighted by molar-refractivity contribution is 9.09. The predicted molar refractivity (Wildman–Crippen MR) is 80.8 cm³/mol. The van der Waals surface area contributed by atoms with Gasteiger partial charge in [0.05, 0.1) is 0 Å². The highest BCUT2D eigenvalue weighted by Crippen LogP contribution is 2.40. The zero-order valence-electron chi connectivity index (χ0n) is 11.9. The maximum atomic E-state index is 12.2. The molecule has 0 saturated heterocycles. The van der Waals surface area contributed by atoms with Crippen LogP contribution in [0.3, 0.4) is 0 Å². The van der Waals surface area contributed by atoms with Gasteiger partial charge in [0, 0.05) is 34.1 Å². The molecule has 3 rings (SSSR count). The van der Waals surface area contributed by atoms with Crippen LogP contribution in [0, 0.1) is 22.0 Å². The second-order valence-corrected chi connectivity index (χ2v) is 7.73. The molecule has 0 unspecified atom stereocenters. The standard InChI is InChI=1S/C15H20BrNO4/c16-11-3-6-14-10(7-11)8-13(15(18)21-14)9-1-4-12(5-2-9)17(19)20/h8-12,14H,1-7H2/t9?,10-,11+,12?,14+/m1/s1. The van der Waals surface area contributed by atoms with E-state index in [0.29, 0.717) is 23.6 Å². The lowest BCUT2D eigenvalue weighted by molar-refractivity contribution is -0.526. The topological polar surface area (TPSA) is 69.4 Å². The molecule has 0 radical (unpaired) electrons. The van der Waals surface area contributed by atoms with E-state index in [1.807, 2.05) is 0 Å². The second-order valence-electron chi connectivity index (χ2n) is 6.43. The molecule has 0 aromatic heterocycles. The molecule has 6 heteroatoms. The number of hydrogen-bond acceptors (Lipinski definition) is 4. The summed E-state index contributed by atoms with van der Waals surface area (Å²) in [6, 6.07) is -0.434. The Bertz CT molecular complexity index is 470. The summed E-state index contributed by atoms with van der Waals surface area (Å²) in [5.41, 5.74) is 0.777. The van der Waals surface area contributed by atoms with Crippen molar-refractivity contribution in [3.05, 3.63) is 21.8 Å². The molecule has 21 heavy (non-hydrogen) atoms. The maximum Gasteiger partial charge on any atom is 0.334 e. The fourth-order valence-electron chi connectivity index (χ4n) is 3.85. The number of alkyl halides is 1. The van der Waals surface area contributed by atoms with Crippen molar-refractivity contribution in [2.45, 2.75) is 61.9 Å². The molecule has 2 fully saturated rings. The molecular formula is C15H20BrNO4. The first kappa shape index (κ1) is 15.0. The van der Waals surface area contributed by atoms with Crippen LogP contribution in [0.4, 0.5) is 0 Å². The quantitative estimate of drug-likeness (QED) is 0.329. The summed E-state index contributed by atoms with van der Waals surface area (Å²) in [5, 5.41) is 10.8. The van der Waals surface area contributed by atoms with E-state index in [-0.39, 0.29) is 22.9 Å². The van der Waals surface area contributed by atoms with E-state index in [1.165, 1.54) is 0 Å². The predicted octanol–water partition coefficient (Wildman–Crippen LogP) is 3.24. The van der Waals surface area contributed by atoms with Gasteiger partial charge in [-0.2, -0.15) is 0 Å². The van der Waals surface area contributed by atoms with Crippen molar-refractivity contribution in [3.63, 3.8) is 0 Å². The minimum Gasteiger partial charge on any atom is -0.458 e. The molecule has 1 aliphatic heterocycles. The number of esters is 1. The van der Waals surface area contributed by atoms with Crippen molar-refractivity contribution in [3.8, 4) is 0 Å². The summed E-state index contributed by atoms with van der Waals surface area (Å²) >= 11 is 3.66. The van der Waals surface area contributed by atoms with Gasteiger partial charge in [-0.1, -0.05) is 22.0 Å². The lowest BCUT2D eigenvalue weighted by Crippen LogP contribution is -2.39. The Morgan fingerprint density at radius 2 is 1.90 bits per heavy atom. The minimum atomic E-state index is -0.434. The van der Waals surface area contributed by atoms with E-state index in [0.717, 1.165) is 37.7 Å². The molecule has 0 bridgehead atoms. The van der Waals surface area contributed by atoms with Gasteiger partial charge in [-0.15, -0.1) is 0 Å². The first-order valence-corrected chi connectivity index (χ1v) is 8.66. The summed E-state index contributed by atoms with van der Waals surface area (Å²) < 4.78 is 5.62. The van der Waals surface area contributed by atoms with E-state index in [1.54, 1.807) is 0 Å². The summed E-state index contributed by atoms with van der Waals surface area (Å²) in [7, 11) is 0. The number of carbonyl (C=O) groups is 1. The summed E-state index contributed by atoms with van der Waals surface area (Å²) in [6.07, 6.45) is 7.70. The molecule has 0 amide bonds. The number of carbonyl (C=O) groups excluding carboxylic acids is 1. The third-order valence-corrected chi connectivity index (χ3v) is 5.92. The van der Waals surface area contributed by atoms with Crippen molar-refractivity contribution >= 4 is 21.9 Å². The molecule has 3 aliphatic rings. The van der Waals surface area contributed by atoms with Gasteiger partial charge in [-0.05, 0) is 38.0 Å². The monoisotopic (exact) mass is 357 g/mol. The van der Waals surface area contributed by atoms with Crippen LogP contribution in [-0.2, 0) is 9.53 Å². The lowest BCUT2D eigenvalue weighted by atomic mass is 9.77. The van der Waals surface area contributed by atoms with Crippen LogP contribution in [0.15, 0.2) is 11.6 Å². The highest BCUT2D eigenvalue weighted by Gasteiger charge is 2.39. The van der Waals surface area contributed by atoms with Crippen molar-refractivity contribution in [2.75, 3.05) is 0 Å². The van der Waals surface area contributed by atoms with Crippen molar-refractivity contribution in [1.29, 1.82) is 0 Å². The Morgan fingerprint density at radius 1 is 1.19 bits per heavy atom. The number of halogens is 1. The fourth-order valence-corrected chi connectivity index (χ4v) is 4.55. The molecule has 0 spiro atoms. The SMILES string of the molecule is O=C1O[C@H]2CC[C@H](Br)C[C@@H]2C=C1C1CCC([N+](=O)[O-])CC1. The van der Waals surface area contributed by atoms with Crippen molar-refractivity contribution < 1.29 is 14.5 Å². The number of nitro groups is 1. The number of nitrogens with zero attached hydrogens (tertiary/aromatic N) is 1. The number of hydrogen-bond donors (Lipinski definition) is 0. The second kappa shape index (κ2) is 6.07. The lowest BCUT2D eigenvalue weighted by Gasteiger charge is -2.37. The molecule has 0 aromatic carbocycles. The van der Waals surface area contributed by atoms with E-state index in [9.17, 15) is 14.9 Å². The fraction of sp³-hybridized carbons (Fsp3) is 0.800. The van der Waals surface area contributed by atoms with Crippen LogP contribution >= 0.6 is 15.9 Å². The average Bonchev–Trinajstić information content (AvgIpc) is 2.47. The van der Waals surface area contributed by atoms with Gasteiger partial charge in [0.25, 0.3) is 0 Å². The van der Waals surface area contributed by atoms with Crippen LogP contribution in [0.5, 0.6) is 0 Å². The van der Waals surface area contributed by atoms with Crippen LogP contribution < -0.4 is 0 Å². The molecular weight excluding hydrogens is 338 g/mol. The highest BCUT2D eigenvalue weighted by atomic mass is 79.9.